The highest BCUT2D eigenvalue weighted by molar-refractivity contribution is 6.08. The molecule has 98 valence electrons. The maximum absolute atomic E-state index is 11.7. The zero-order valence-electron chi connectivity index (χ0n) is 11.1. The number of carbonyl (C=O) groups excluding carboxylic acids is 1. The largest absolute Gasteiger partial charge is 0.495 e. The number of methoxy groups -OCH3 is 1. The molecule has 4 heteroatoms. The first-order valence-electron chi connectivity index (χ1n) is 6.22. The molecule has 0 N–H and O–H groups in total. The molecule has 0 atom stereocenters. The maximum atomic E-state index is 11.7. The van der Waals surface area contributed by atoms with E-state index >= 15 is 0 Å². The quantitative estimate of drug-likeness (QED) is 0.610. The average molecular weight is 256 g/mol. The molecule has 2 aromatic rings. The van der Waals surface area contributed by atoms with Gasteiger partial charge in [-0.15, -0.1) is 0 Å². The Morgan fingerprint density at radius 2 is 2.26 bits per heavy atom. The summed E-state index contributed by atoms with van der Waals surface area (Å²) in [4.78, 5) is 11.7. The number of rotatable bonds is 5. The van der Waals surface area contributed by atoms with Crippen LogP contribution < -0.4 is 4.74 Å². The van der Waals surface area contributed by atoms with Gasteiger partial charge in [-0.3, -0.25) is 4.79 Å². The van der Waals surface area contributed by atoms with Gasteiger partial charge in [0.05, 0.1) is 18.7 Å². The number of hydrogen-bond donors (Lipinski definition) is 0. The Labute approximate surface area is 112 Å². The first kappa shape index (κ1) is 13.2. The van der Waals surface area contributed by atoms with Gasteiger partial charge in [0.1, 0.15) is 5.75 Å². The van der Waals surface area contributed by atoms with Crippen molar-refractivity contribution in [1.29, 1.82) is 5.26 Å². The summed E-state index contributed by atoms with van der Waals surface area (Å²) in [6, 6.07) is 7.82. The summed E-state index contributed by atoms with van der Waals surface area (Å²) >= 11 is 0. The van der Waals surface area contributed by atoms with Crippen LogP contribution in [-0.2, 0) is 6.54 Å². The molecule has 0 aliphatic carbocycles. The van der Waals surface area contributed by atoms with Crippen LogP contribution in [0.1, 0.15) is 30.1 Å². The number of nitrogens with zero attached hydrogens (tertiary/aromatic N) is 2. The molecule has 1 heterocycles. The van der Waals surface area contributed by atoms with E-state index in [2.05, 4.69) is 6.07 Å². The molecule has 0 radical (unpaired) electrons. The van der Waals surface area contributed by atoms with E-state index in [1.165, 1.54) is 0 Å². The summed E-state index contributed by atoms with van der Waals surface area (Å²) in [5.74, 6) is 0.791. The minimum Gasteiger partial charge on any atom is -0.495 e. The fourth-order valence-corrected chi connectivity index (χ4v) is 2.28. The third-order valence-electron chi connectivity index (χ3n) is 3.15. The third-order valence-corrected chi connectivity index (χ3v) is 3.15. The van der Waals surface area contributed by atoms with Gasteiger partial charge in [-0.25, -0.2) is 0 Å². The lowest BCUT2D eigenvalue weighted by molar-refractivity contribution is 0.101. The van der Waals surface area contributed by atoms with Crippen LogP contribution in [0.3, 0.4) is 0 Å². The van der Waals surface area contributed by atoms with E-state index in [0.717, 1.165) is 23.1 Å². The monoisotopic (exact) mass is 256 g/mol. The van der Waals surface area contributed by atoms with E-state index in [-0.39, 0.29) is 5.78 Å². The zero-order chi connectivity index (χ0) is 13.8. The molecule has 2 rings (SSSR count). The zero-order valence-corrected chi connectivity index (χ0v) is 11.1. The van der Waals surface area contributed by atoms with E-state index in [4.69, 9.17) is 10.00 Å². The summed E-state index contributed by atoms with van der Waals surface area (Å²) in [7, 11) is 1.62. The topological polar surface area (TPSA) is 55.0 Å². The highest BCUT2D eigenvalue weighted by Gasteiger charge is 2.14. The number of Topliss-reactive ketones (excluding diaryl/α,β-unsaturated/α-hetero) is 1. The van der Waals surface area contributed by atoms with E-state index in [9.17, 15) is 4.79 Å². The number of hydrogen-bond acceptors (Lipinski definition) is 3. The van der Waals surface area contributed by atoms with Crippen molar-refractivity contribution in [2.75, 3.05) is 7.11 Å². The Kier molecular flexibility index (Phi) is 3.86. The van der Waals surface area contributed by atoms with Crippen LogP contribution in [0.2, 0.25) is 0 Å². The lowest BCUT2D eigenvalue weighted by Crippen LogP contribution is -1.97. The fraction of sp³-hybridized carbons (Fsp3) is 0.333. The van der Waals surface area contributed by atoms with Gasteiger partial charge < -0.3 is 9.30 Å². The molecule has 0 spiro atoms. The Morgan fingerprint density at radius 1 is 1.47 bits per heavy atom. The summed E-state index contributed by atoms with van der Waals surface area (Å²) < 4.78 is 7.37. The molecule has 1 aromatic carbocycles. The second kappa shape index (κ2) is 5.57. The molecule has 1 aromatic heterocycles. The summed E-state index contributed by atoms with van der Waals surface area (Å²) in [6.07, 6.45) is 3.12. The summed E-state index contributed by atoms with van der Waals surface area (Å²) in [6.45, 7) is 2.27. The number of aryl methyl sites for hydroxylation is 1. The predicted octanol–water partition coefficient (Wildman–Crippen LogP) is 3.16. The molecule has 0 bridgehead atoms. The van der Waals surface area contributed by atoms with E-state index < -0.39 is 0 Å². The van der Waals surface area contributed by atoms with Crippen LogP contribution in [0.5, 0.6) is 5.75 Å². The number of aromatic nitrogens is 1. The Bertz CT molecular complexity index is 650. The number of fused-ring (bicyclic) bond motifs is 1. The van der Waals surface area contributed by atoms with Crippen LogP contribution in [0.15, 0.2) is 24.4 Å². The Morgan fingerprint density at radius 3 is 2.89 bits per heavy atom. The lowest BCUT2D eigenvalue weighted by atomic mass is 10.1. The van der Waals surface area contributed by atoms with E-state index in [1.54, 1.807) is 14.0 Å². The van der Waals surface area contributed by atoms with Gasteiger partial charge in [-0.1, -0.05) is 12.1 Å². The standard InChI is InChI=1S/C15H16N2O2/c1-11(18)13-10-17(9-4-3-8-16)15-12(13)6-5-7-14(15)19-2/h5-7,10H,3-4,9H2,1-2H3. The molecule has 19 heavy (non-hydrogen) atoms. The summed E-state index contributed by atoms with van der Waals surface area (Å²) in [5.41, 5.74) is 1.62. The number of ether oxygens (including phenoxy) is 1. The first-order chi connectivity index (χ1) is 9.19. The molecule has 0 unspecified atom stereocenters. The smallest absolute Gasteiger partial charge is 0.161 e. The van der Waals surface area contributed by atoms with Crippen LogP contribution in [0.25, 0.3) is 10.9 Å². The molecular weight excluding hydrogens is 240 g/mol. The number of nitriles is 1. The van der Waals surface area contributed by atoms with Crippen LogP contribution in [0, 0.1) is 11.3 Å². The van der Waals surface area contributed by atoms with Crippen molar-refractivity contribution in [2.24, 2.45) is 0 Å². The van der Waals surface area contributed by atoms with Crippen molar-refractivity contribution < 1.29 is 9.53 Å². The second-order valence-electron chi connectivity index (χ2n) is 4.41. The summed E-state index contributed by atoms with van der Waals surface area (Å²) in [5, 5.41) is 9.52. The van der Waals surface area contributed by atoms with Crippen molar-refractivity contribution in [3.05, 3.63) is 30.0 Å². The van der Waals surface area contributed by atoms with Gasteiger partial charge in [0.2, 0.25) is 0 Å². The molecule has 0 amide bonds. The maximum Gasteiger partial charge on any atom is 0.161 e. The van der Waals surface area contributed by atoms with Crippen LogP contribution in [0.4, 0.5) is 0 Å². The molecule has 0 aliphatic rings. The number of benzene rings is 1. The van der Waals surface area contributed by atoms with Gasteiger partial charge in [0, 0.05) is 30.1 Å². The normalized spacial score (nSPS) is 10.4. The van der Waals surface area contributed by atoms with Crippen molar-refractivity contribution >= 4 is 16.7 Å². The van der Waals surface area contributed by atoms with E-state index in [0.29, 0.717) is 18.5 Å². The van der Waals surface area contributed by atoms with Crippen LogP contribution >= 0.6 is 0 Å². The second-order valence-corrected chi connectivity index (χ2v) is 4.41. The molecule has 0 saturated carbocycles. The predicted molar refractivity (Wildman–Crippen MR) is 73.3 cm³/mol. The SMILES string of the molecule is COc1cccc2c(C(C)=O)cn(CCCC#N)c12. The van der Waals surface area contributed by atoms with Gasteiger partial charge in [0.15, 0.2) is 5.78 Å². The third kappa shape index (κ3) is 2.45. The van der Waals surface area contributed by atoms with Crippen molar-refractivity contribution in [1.82, 2.24) is 4.57 Å². The molecule has 0 fully saturated rings. The Hall–Kier alpha value is -2.28. The van der Waals surface area contributed by atoms with Gasteiger partial charge in [-0.05, 0) is 19.4 Å². The first-order valence-corrected chi connectivity index (χ1v) is 6.22. The minimum absolute atomic E-state index is 0.0392. The number of carbonyl (C=O) groups is 1. The molecule has 0 saturated heterocycles. The molecule has 4 nitrogen and oxygen atoms in total. The van der Waals surface area contributed by atoms with Crippen molar-refractivity contribution in [3.63, 3.8) is 0 Å². The van der Waals surface area contributed by atoms with Crippen molar-refractivity contribution in [2.45, 2.75) is 26.3 Å². The molecular formula is C15H16N2O2. The molecule has 0 aliphatic heterocycles. The number of unbranched alkanes of at least 4 members (excludes halogenated alkanes) is 1. The average Bonchev–Trinajstić information content (AvgIpc) is 2.78. The highest BCUT2D eigenvalue weighted by atomic mass is 16.5. The number of ketones is 1. The van der Waals surface area contributed by atoms with Gasteiger partial charge in [-0.2, -0.15) is 5.26 Å². The lowest BCUT2D eigenvalue weighted by Gasteiger charge is -2.07. The minimum atomic E-state index is 0.0392. The number of para-hydroxylation sites is 1. The van der Waals surface area contributed by atoms with Crippen molar-refractivity contribution in [3.8, 4) is 11.8 Å². The van der Waals surface area contributed by atoms with E-state index in [1.807, 2.05) is 29.0 Å². The van der Waals surface area contributed by atoms with Gasteiger partial charge in [0.25, 0.3) is 0 Å². The van der Waals surface area contributed by atoms with Gasteiger partial charge >= 0.3 is 0 Å². The highest BCUT2D eigenvalue weighted by Crippen LogP contribution is 2.30. The Balaban J connectivity index is 2.55. The van der Waals surface area contributed by atoms with Crippen LogP contribution in [-0.4, -0.2) is 17.5 Å². The fourth-order valence-electron chi connectivity index (χ4n) is 2.28.